The minimum absolute atomic E-state index is 0.157. The van der Waals surface area contributed by atoms with Gasteiger partial charge < -0.3 is 25.2 Å². The van der Waals surface area contributed by atoms with Gasteiger partial charge in [0.1, 0.15) is 17.1 Å². The van der Waals surface area contributed by atoms with Crippen LogP contribution < -0.4 is 16.0 Å². The highest BCUT2D eigenvalue weighted by molar-refractivity contribution is 6.05. The third-order valence-electron chi connectivity index (χ3n) is 6.19. The molecular weight excluding hydrogens is 539 g/mol. The number of carbonyl (C=O) groups is 3. The van der Waals surface area contributed by atoms with Crippen molar-refractivity contribution in [3.8, 4) is 0 Å². The quantitative estimate of drug-likeness (QED) is 0.250. The van der Waals surface area contributed by atoms with Crippen molar-refractivity contribution in [3.05, 3.63) is 83.9 Å². The van der Waals surface area contributed by atoms with E-state index in [1.54, 1.807) is 74.3 Å². The fraction of sp³-hybridized carbons (Fsp3) is 0.355. The highest BCUT2D eigenvalue weighted by Crippen LogP contribution is 2.23. The summed E-state index contributed by atoms with van der Waals surface area (Å²) in [5.41, 5.74) is 1.33. The fourth-order valence-electron chi connectivity index (χ4n) is 4.00. The number of urea groups is 1. The van der Waals surface area contributed by atoms with Crippen LogP contribution in [-0.4, -0.2) is 64.6 Å². The molecule has 0 aliphatic heterocycles. The van der Waals surface area contributed by atoms with Crippen molar-refractivity contribution in [3.63, 3.8) is 0 Å². The summed E-state index contributed by atoms with van der Waals surface area (Å²) < 4.78 is 19.0. The van der Waals surface area contributed by atoms with Crippen LogP contribution in [0.3, 0.4) is 0 Å². The second kappa shape index (κ2) is 14.9. The van der Waals surface area contributed by atoms with Gasteiger partial charge in [-0.15, -0.1) is 0 Å². The number of rotatable bonds is 11. The van der Waals surface area contributed by atoms with Gasteiger partial charge in [-0.25, -0.2) is 14.0 Å². The van der Waals surface area contributed by atoms with E-state index in [4.69, 9.17) is 4.74 Å². The lowest BCUT2D eigenvalue weighted by Gasteiger charge is -2.27. The van der Waals surface area contributed by atoms with Gasteiger partial charge >= 0.3 is 12.1 Å². The van der Waals surface area contributed by atoms with Crippen LogP contribution in [0.1, 0.15) is 50.7 Å². The van der Waals surface area contributed by atoms with E-state index in [0.717, 1.165) is 13.1 Å². The Bertz CT molecular complexity index is 1360. The molecule has 0 aliphatic carbocycles. The topological polar surface area (TPSA) is 116 Å². The molecule has 3 rings (SSSR count). The number of hydrogen-bond donors (Lipinski definition) is 3. The smallest absolute Gasteiger partial charge is 0.412 e. The summed E-state index contributed by atoms with van der Waals surface area (Å²) in [7, 11) is 0. The van der Waals surface area contributed by atoms with Gasteiger partial charge in [0.15, 0.2) is 0 Å². The molecule has 1 heterocycles. The van der Waals surface area contributed by atoms with Crippen molar-refractivity contribution in [1.82, 2.24) is 14.8 Å². The first-order chi connectivity index (χ1) is 20.0. The molecule has 0 atom stereocenters. The predicted octanol–water partition coefficient (Wildman–Crippen LogP) is 6.20. The molecule has 0 fully saturated rings. The van der Waals surface area contributed by atoms with Crippen LogP contribution in [0.2, 0.25) is 0 Å². The maximum atomic E-state index is 13.7. The zero-order chi connectivity index (χ0) is 30.7. The summed E-state index contributed by atoms with van der Waals surface area (Å²) in [5, 5.41) is 8.17. The van der Waals surface area contributed by atoms with E-state index < -0.39 is 23.4 Å². The SMILES string of the molecule is CCN(CC)CCN(Cc1ccc(C(=O)Nc2ccccc2NC(=O)OC(C)(C)C)nc1)C(=O)Nc1cccc(F)c1. The molecule has 11 heteroatoms. The van der Waals surface area contributed by atoms with Gasteiger partial charge in [-0.2, -0.15) is 0 Å². The van der Waals surface area contributed by atoms with Gasteiger partial charge in [-0.1, -0.05) is 38.1 Å². The van der Waals surface area contributed by atoms with Crippen LogP contribution >= 0.6 is 0 Å². The average molecular weight is 579 g/mol. The molecular formula is C31H39FN6O4. The van der Waals surface area contributed by atoms with Crippen molar-refractivity contribution in [1.29, 1.82) is 0 Å². The number of ether oxygens (including phenoxy) is 1. The lowest BCUT2D eigenvalue weighted by molar-refractivity contribution is 0.0635. The summed E-state index contributed by atoms with van der Waals surface area (Å²) in [5.74, 6) is -0.911. The first kappa shape index (κ1) is 32.0. The Hall–Kier alpha value is -4.51. The normalized spacial score (nSPS) is 11.1. The molecule has 1 aromatic heterocycles. The molecule has 0 aliphatic rings. The molecule has 2 aromatic carbocycles. The first-order valence-electron chi connectivity index (χ1n) is 13.9. The Morgan fingerprint density at radius 2 is 1.57 bits per heavy atom. The fourth-order valence-corrected chi connectivity index (χ4v) is 4.00. The third kappa shape index (κ3) is 10.2. The van der Waals surface area contributed by atoms with Crippen LogP contribution in [0.5, 0.6) is 0 Å². The van der Waals surface area contributed by atoms with E-state index in [1.807, 2.05) is 0 Å². The number of nitrogens with zero attached hydrogens (tertiary/aromatic N) is 3. The Balaban J connectivity index is 1.69. The van der Waals surface area contributed by atoms with Crippen molar-refractivity contribution < 1.29 is 23.5 Å². The average Bonchev–Trinajstić information content (AvgIpc) is 2.93. The highest BCUT2D eigenvalue weighted by atomic mass is 19.1. The van der Waals surface area contributed by atoms with E-state index in [1.165, 1.54) is 18.2 Å². The maximum absolute atomic E-state index is 13.7. The molecule has 42 heavy (non-hydrogen) atoms. The van der Waals surface area contributed by atoms with E-state index in [-0.39, 0.29) is 18.3 Å². The van der Waals surface area contributed by atoms with Gasteiger partial charge in [0.25, 0.3) is 5.91 Å². The molecule has 0 spiro atoms. The van der Waals surface area contributed by atoms with E-state index in [0.29, 0.717) is 35.7 Å². The van der Waals surface area contributed by atoms with Gasteiger partial charge in [-0.05, 0) is 75.8 Å². The summed E-state index contributed by atoms with van der Waals surface area (Å²) in [6, 6.07) is 15.4. The minimum Gasteiger partial charge on any atom is -0.444 e. The van der Waals surface area contributed by atoms with Crippen LogP contribution in [0.15, 0.2) is 66.9 Å². The maximum Gasteiger partial charge on any atom is 0.412 e. The molecule has 0 unspecified atom stereocenters. The number of hydrogen-bond acceptors (Lipinski definition) is 6. The number of carbonyl (C=O) groups excluding carboxylic acids is 3. The number of aromatic nitrogens is 1. The second-order valence-corrected chi connectivity index (χ2v) is 10.6. The van der Waals surface area contributed by atoms with E-state index in [9.17, 15) is 18.8 Å². The summed E-state index contributed by atoms with van der Waals surface area (Å²) in [6.07, 6.45) is 0.901. The Morgan fingerprint density at radius 3 is 2.17 bits per heavy atom. The van der Waals surface area contributed by atoms with Crippen molar-refractivity contribution in [2.75, 3.05) is 42.1 Å². The zero-order valence-electron chi connectivity index (χ0n) is 24.7. The Morgan fingerprint density at radius 1 is 0.881 bits per heavy atom. The molecule has 0 saturated carbocycles. The Kier molecular flexibility index (Phi) is 11.4. The number of benzene rings is 2. The molecule has 0 bridgehead atoms. The van der Waals surface area contributed by atoms with Crippen molar-refractivity contribution >= 4 is 35.1 Å². The van der Waals surface area contributed by atoms with Crippen LogP contribution in [0.25, 0.3) is 0 Å². The molecule has 224 valence electrons. The molecule has 0 radical (unpaired) electrons. The second-order valence-electron chi connectivity index (χ2n) is 10.6. The number of halogens is 1. The van der Waals surface area contributed by atoms with Crippen LogP contribution in [0.4, 0.5) is 31.0 Å². The van der Waals surface area contributed by atoms with Crippen LogP contribution in [-0.2, 0) is 11.3 Å². The number of anilines is 3. The van der Waals surface area contributed by atoms with Gasteiger partial charge in [-0.3, -0.25) is 15.1 Å². The molecule has 0 saturated heterocycles. The largest absolute Gasteiger partial charge is 0.444 e. The predicted molar refractivity (Wildman–Crippen MR) is 162 cm³/mol. The minimum atomic E-state index is -0.672. The van der Waals surface area contributed by atoms with Crippen molar-refractivity contribution in [2.24, 2.45) is 0 Å². The van der Waals surface area contributed by atoms with Crippen molar-refractivity contribution in [2.45, 2.75) is 46.8 Å². The lowest BCUT2D eigenvalue weighted by atomic mass is 10.2. The summed E-state index contributed by atoms with van der Waals surface area (Å²) >= 11 is 0. The Labute approximate surface area is 246 Å². The molecule has 10 nitrogen and oxygen atoms in total. The van der Waals surface area contributed by atoms with Gasteiger partial charge in [0.2, 0.25) is 0 Å². The van der Waals surface area contributed by atoms with E-state index in [2.05, 4.69) is 39.7 Å². The molecule has 3 N–H and O–H groups in total. The van der Waals surface area contributed by atoms with Gasteiger partial charge in [0.05, 0.1) is 11.4 Å². The zero-order valence-corrected chi connectivity index (χ0v) is 24.7. The summed E-state index contributed by atoms with van der Waals surface area (Å²) in [6.45, 7) is 12.4. The molecule has 4 amide bonds. The number of pyridine rings is 1. The lowest BCUT2D eigenvalue weighted by Crippen LogP contribution is -2.40. The van der Waals surface area contributed by atoms with E-state index >= 15 is 0 Å². The third-order valence-corrected chi connectivity index (χ3v) is 6.19. The number of likely N-dealkylation sites (N-methyl/N-ethyl adjacent to an activating group) is 1. The van der Waals surface area contributed by atoms with Crippen LogP contribution in [0, 0.1) is 5.82 Å². The molecule has 3 aromatic rings. The highest BCUT2D eigenvalue weighted by Gasteiger charge is 2.19. The summed E-state index contributed by atoms with van der Waals surface area (Å²) in [4.78, 5) is 46.5. The first-order valence-corrected chi connectivity index (χ1v) is 13.9. The monoisotopic (exact) mass is 578 g/mol. The number of amides is 4. The van der Waals surface area contributed by atoms with Gasteiger partial charge in [0, 0.05) is 31.5 Å². The number of nitrogens with one attached hydrogen (secondary N) is 3. The number of para-hydroxylation sites is 2. The standard InChI is InChI=1S/C31H39FN6O4/c1-6-37(7-2)17-18-38(29(40)34-24-12-10-11-23(32)19-24)21-22-15-16-27(33-20-22)28(39)35-25-13-8-9-14-26(25)36-30(41)42-31(3,4)5/h8-16,19-20H,6-7,17-18,21H2,1-5H3,(H,34,40)(H,35,39)(H,36,41).